The van der Waals surface area contributed by atoms with Crippen molar-refractivity contribution < 1.29 is 22.7 Å². The summed E-state index contributed by atoms with van der Waals surface area (Å²) in [6.45, 7) is 1.98. The van der Waals surface area contributed by atoms with Crippen molar-refractivity contribution in [1.29, 1.82) is 0 Å². The Kier molecular flexibility index (Phi) is 7.84. The van der Waals surface area contributed by atoms with E-state index in [0.717, 1.165) is 0 Å². The first kappa shape index (κ1) is 23.7. The lowest BCUT2D eigenvalue weighted by molar-refractivity contribution is -0.118. The lowest BCUT2D eigenvalue weighted by Gasteiger charge is -2.13. The van der Waals surface area contributed by atoms with Gasteiger partial charge in [-0.3, -0.25) is 9.52 Å². The van der Waals surface area contributed by atoms with E-state index in [9.17, 15) is 13.2 Å². The average Bonchev–Trinajstić information content (AvgIpc) is 2.76. The molecule has 3 aromatic carbocycles. The molecule has 0 spiro atoms. The zero-order valence-corrected chi connectivity index (χ0v) is 19.3. The van der Waals surface area contributed by atoms with Crippen LogP contribution >= 0.6 is 23.2 Å². The monoisotopic (exact) mass is 494 g/mol. The second kappa shape index (κ2) is 10.6. The normalized spacial score (nSPS) is 11.0. The van der Waals surface area contributed by atoms with E-state index in [1.165, 1.54) is 18.2 Å². The molecule has 0 bridgehead atoms. The van der Waals surface area contributed by atoms with Gasteiger partial charge in [0, 0.05) is 10.7 Å². The molecular formula is C22H20Cl2N2O5S. The van der Waals surface area contributed by atoms with Crippen LogP contribution in [0.5, 0.6) is 11.5 Å². The summed E-state index contributed by atoms with van der Waals surface area (Å²) in [5, 5.41) is 3.24. The van der Waals surface area contributed by atoms with Gasteiger partial charge in [0.25, 0.3) is 15.9 Å². The fourth-order valence-electron chi connectivity index (χ4n) is 2.68. The number of rotatable bonds is 9. The van der Waals surface area contributed by atoms with Crippen molar-refractivity contribution in [2.45, 2.75) is 11.8 Å². The maximum atomic E-state index is 12.6. The van der Waals surface area contributed by atoms with E-state index >= 15 is 0 Å². The Balaban J connectivity index is 1.64. The molecule has 32 heavy (non-hydrogen) atoms. The maximum absolute atomic E-state index is 12.6. The number of para-hydroxylation sites is 2. The minimum absolute atomic E-state index is 0.0477. The molecule has 0 fully saturated rings. The van der Waals surface area contributed by atoms with Gasteiger partial charge in [-0.2, -0.15) is 0 Å². The van der Waals surface area contributed by atoms with Crippen molar-refractivity contribution in [3.8, 4) is 11.5 Å². The smallest absolute Gasteiger partial charge is 0.262 e. The highest BCUT2D eigenvalue weighted by atomic mass is 35.5. The molecule has 0 aliphatic carbocycles. The van der Waals surface area contributed by atoms with E-state index in [0.29, 0.717) is 28.8 Å². The van der Waals surface area contributed by atoms with Gasteiger partial charge in [-0.1, -0.05) is 35.3 Å². The molecule has 0 aliphatic rings. The van der Waals surface area contributed by atoms with E-state index in [2.05, 4.69) is 10.0 Å². The van der Waals surface area contributed by atoms with Crippen LogP contribution < -0.4 is 19.5 Å². The summed E-state index contributed by atoms with van der Waals surface area (Å²) >= 11 is 12.0. The molecular weight excluding hydrogens is 475 g/mol. The van der Waals surface area contributed by atoms with E-state index in [4.69, 9.17) is 32.7 Å². The van der Waals surface area contributed by atoms with Crippen LogP contribution in [-0.2, 0) is 14.8 Å². The lowest BCUT2D eigenvalue weighted by Crippen LogP contribution is -2.20. The summed E-state index contributed by atoms with van der Waals surface area (Å²) in [4.78, 5) is 12.2. The molecule has 168 valence electrons. The van der Waals surface area contributed by atoms with Crippen LogP contribution in [-0.4, -0.2) is 27.5 Å². The Hall–Kier alpha value is -2.94. The number of carbonyl (C=O) groups is 1. The second-order valence-electron chi connectivity index (χ2n) is 6.47. The Labute approximate surface area is 196 Å². The highest BCUT2D eigenvalue weighted by molar-refractivity contribution is 7.92. The zero-order valence-electron chi connectivity index (χ0n) is 17.0. The number of hydrogen-bond donors (Lipinski definition) is 2. The first-order chi connectivity index (χ1) is 15.3. The number of anilines is 2. The van der Waals surface area contributed by atoms with Gasteiger partial charge in [-0.15, -0.1) is 0 Å². The summed E-state index contributed by atoms with van der Waals surface area (Å²) < 4.78 is 38.5. The maximum Gasteiger partial charge on any atom is 0.262 e. The minimum atomic E-state index is -3.87. The molecule has 0 aliphatic heterocycles. The number of benzene rings is 3. The van der Waals surface area contributed by atoms with Crippen LogP contribution in [0.15, 0.2) is 71.6 Å². The molecule has 0 saturated carbocycles. The van der Waals surface area contributed by atoms with Crippen molar-refractivity contribution in [2.75, 3.05) is 23.3 Å². The molecule has 0 atom stereocenters. The predicted octanol–water partition coefficient (Wildman–Crippen LogP) is 5.21. The molecule has 10 heteroatoms. The first-order valence-electron chi connectivity index (χ1n) is 9.51. The molecule has 0 aromatic heterocycles. The number of amides is 1. The third-order valence-electron chi connectivity index (χ3n) is 4.13. The quantitative estimate of drug-likeness (QED) is 0.425. The Morgan fingerprint density at radius 1 is 0.938 bits per heavy atom. The number of sulfonamides is 1. The van der Waals surface area contributed by atoms with Crippen LogP contribution in [0.25, 0.3) is 0 Å². The van der Waals surface area contributed by atoms with Crippen molar-refractivity contribution >= 4 is 50.5 Å². The SMILES string of the molecule is CCOc1ccccc1NC(=O)COc1ccc(S(=O)(=O)Nc2ccc(Cl)cc2)cc1Cl. The van der Waals surface area contributed by atoms with E-state index in [1.54, 1.807) is 48.5 Å². The van der Waals surface area contributed by atoms with Gasteiger partial charge in [0.05, 0.1) is 22.2 Å². The Morgan fingerprint density at radius 3 is 2.34 bits per heavy atom. The molecule has 3 rings (SSSR count). The van der Waals surface area contributed by atoms with Crippen molar-refractivity contribution in [2.24, 2.45) is 0 Å². The van der Waals surface area contributed by atoms with Crippen LogP contribution in [0.3, 0.4) is 0 Å². The second-order valence-corrected chi connectivity index (χ2v) is 9.00. The topological polar surface area (TPSA) is 93.7 Å². The zero-order chi connectivity index (χ0) is 23.1. The number of hydrogen-bond acceptors (Lipinski definition) is 5. The Morgan fingerprint density at radius 2 is 1.66 bits per heavy atom. The number of ether oxygens (including phenoxy) is 2. The average molecular weight is 495 g/mol. The summed E-state index contributed by atoms with van der Waals surface area (Å²) in [6.07, 6.45) is 0. The van der Waals surface area contributed by atoms with Gasteiger partial charge >= 0.3 is 0 Å². The fraction of sp³-hybridized carbons (Fsp3) is 0.136. The summed E-state index contributed by atoms with van der Waals surface area (Å²) in [5.41, 5.74) is 0.874. The molecule has 0 saturated heterocycles. The number of nitrogens with one attached hydrogen (secondary N) is 2. The van der Waals surface area contributed by atoms with Crippen molar-refractivity contribution in [3.63, 3.8) is 0 Å². The molecule has 0 heterocycles. The van der Waals surface area contributed by atoms with E-state index < -0.39 is 15.9 Å². The minimum Gasteiger partial charge on any atom is -0.492 e. The third-order valence-corrected chi connectivity index (χ3v) is 6.06. The van der Waals surface area contributed by atoms with Gasteiger partial charge < -0.3 is 14.8 Å². The molecule has 0 radical (unpaired) electrons. The van der Waals surface area contributed by atoms with Crippen molar-refractivity contribution in [3.05, 3.63) is 76.8 Å². The molecule has 3 aromatic rings. The van der Waals surface area contributed by atoms with Crippen LogP contribution in [0.2, 0.25) is 10.0 Å². The first-order valence-corrected chi connectivity index (χ1v) is 11.7. The number of halogens is 2. The molecule has 2 N–H and O–H groups in total. The van der Waals surface area contributed by atoms with Gasteiger partial charge in [0.1, 0.15) is 11.5 Å². The fourth-order valence-corrected chi connectivity index (χ4v) is 4.19. The Bertz CT molecular complexity index is 1200. The largest absolute Gasteiger partial charge is 0.492 e. The standard InChI is InChI=1S/C22H20Cl2N2O5S/c1-2-30-21-6-4-3-5-19(21)25-22(27)14-31-20-12-11-17(13-18(20)24)32(28,29)26-16-9-7-15(23)8-10-16/h3-13,26H,2,14H2,1H3,(H,25,27). The summed E-state index contributed by atoms with van der Waals surface area (Å²) in [7, 11) is -3.87. The highest BCUT2D eigenvalue weighted by Gasteiger charge is 2.17. The third kappa shape index (κ3) is 6.29. The van der Waals surface area contributed by atoms with Crippen LogP contribution in [0.4, 0.5) is 11.4 Å². The predicted molar refractivity (Wildman–Crippen MR) is 125 cm³/mol. The van der Waals surface area contributed by atoms with Crippen LogP contribution in [0, 0.1) is 0 Å². The lowest BCUT2D eigenvalue weighted by atomic mass is 10.3. The summed E-state index contributed by atoms with van der Waals surface area (Å²) in [6, 6.07) is 17.2. The molecule has 0 unspecified atom stereocenters. The molecule has 1 amide bonds. The van der Waals surface area contributed by atoms with E-state index in [1.807, 2.05) is 6.92 Å². The van der Waals surface area contributed by atoms with Gasteiger partial charge in [-0.05, 0) is 61.5 Å². The highest BCUT2D eigenvalue weighted by Crippen LogP contribution is 2.29. The van der Waals surface area contributed by atoms with Crippen molar-refractivity contribution in [1.82, 2.24) is 0 Å². The summed E-state index contributed by atoms with van der Waals surface area (Å²) in [5.74, 6) is 0.295. The van der Waals surface area contributed by atoms with Gasteiger partial charge in [0.15, 0.2) is 6.61 Å². The van der Waals surface area contributed by atoms with Gasteiger partial charge in [-0.25, -0.2) is 8.42 Å². The molecule has 7 nitrogen and oxygen atoms in total. The van der Waals surface area contributed by atoms with Crippen LogP contribution in [0.1, 0.15) is 6.92 Å². The van der Waals surface area contributed by atoms with E-state index in [-0.39, 0.29) is 22.3 Å². The number of carbonyl (C=O) groups excluding carboxylic acids is 1. The van der Waals surface area contributed by atoms with Gasteiger partial charge in [0.2, 0.25) is 0 Å².